The van der Waals surface area contributed by atoms with Gasteiger partial charge in [0, 0.05) is 6.07 Å². The molecule has 0 fully saturated rings. The van der Waals surface area contributed by atoms with Crippen LogP contribution in [0.5, 0.6) is 5.75 Å². The van der Waals surface area contributed by atoms with Gasteiger partial charge in [0.15, 0.2) is 5.75 Å². The Morgan fingerprint density at radius 2 is 1.57 bits per heavy atom. The van der Waals surface area contributed by atoms with Crippen LogP contribution in [-0.2, 0) is 0 Å². The topological polar surface area (TPSA) is 77.1 Å². The van der Waals surface area contributed by atoms with Crippen LogP contribution in [0, 0.1) is 10.1 Å². The van der Waals surface area contributed by atoms with Gasteiger partial charge in [0.2, 0.25) is 0 Å². The van der Waals surface area contributed by atoms with E-state index in [1.807, 2.05) is 42.5 Å². The fourth-order valence-electron chi connectivity index (χ4n) is 2.24. The van der Waals surface area contributed by atoms with Gasteiger partial charge in [-0.05, 0) is 35.0 Å². The number of hydrogen-bond donors (Lipinski definition) is 0. The Morgan fingerprint density at radius 1 is 0.913 bits per heavy atom. The van der Waals surface area contributed by atoms with Crippen LogP contribution in [0.3, 0.4) is 0 Å². The maximum absolute atomic E-state index is 11.0. The molecule has 0 heterocycles. The second-order valence-corrected chi connectivity index (χ2v) is 4.84. The Kier molecular flexibility index (Phi) is 3.97. The number of ether oxygens (including phenoxy) is 1. The molecule has 23 heavy (non-hydrogen) atoms. The van der Waals surface area contributed by atoms with Gasteiger partial charge >= 0.3 is 5.69 Å². The number of nitro groups is 1. The van der Waals surface area contributed by atoms with Gasteiger partial charge in [0.05, 0.1) is 23.4 Å². The molecule has 0 radical (unpaired) electrons. The summed E-state index contributed by atoms with van der Waals surface area (Å²) < 4.78 is 4.96. The van der Waals surface area contributed by atoms with Crippen molar-refractivity contribution < 1.29 is 9.66 Å². The van der Waals surface area contributed by atoms with Crippen LogP contribution in [0.2, 0.25) is 0 Å². The highest BCUT2D eigenvalue weighted by molar-refractivity contribution is 5.85. The first kappa shape index (κ1) is 14.6. The van der Waals surface area contributed by atoms with Crippen LogP contribution in [-0.4, -0.2) is 12.0 Å². The molecule has 0 spiro atoms. The molecule has 0 amide bonds. The second kappa shape index (κ2) is 6.23. The molecule has 0 unspecified atom stereocenters. The summed E-state index contributed by atoms with van der Waals surface area (Å²) in [6.45, 7) is 0. The monoisotopic (exact) mass is 307 g/mol. The lowest BCUT2D eigenvalue weighted by molar-refractivity contribution is -0.385. The van der Waals surface area contributed by atoms with Crippen LogP contribution in [0.4, 0.5) is 17.1 Å². The molecule has 114 valence electrons. The maximum atomic E-state index is 11.0. The van der Waals surface area contributed by atoms with E-state index in [-0.39, 0.29) is 11.4 Å². The minimum Gasteiger partial charge on any atom is -0.490 e. The van der Waals surface area contributed by atoms with Gasteiger partial charge in [-0.2, -0.15) is 10.2 Å². The average molecular weight is 307 g/mol. The van der Waals surface area contributed by atoms with E-state index in [0.717, 1.165) is 10.8 Å². The van der Waals surface area contributed by atoms with Gasteiger partial charge in [-0.15, -0.1) is 0 Å². The predicted octanol–water partition coefficient (Wildman–Crippen LogP) is 5.17. The summed E-state index contributed by atoms with van der Waals surface area (Å²) in [6, 6.07) is 18.1. The summed E-state index contributed by atoms with van der Waals surface area (Å²) in [5, 5.41) is 21.4. The lowest BCUT2D eigenvalue weighted by atomic mass is 10.1. The summed E-state index contributed by atoms with van der Waals surface area (Å²) in [5.41, 5.74) is 0.940. The van der Waals surface area contributed by atoms with Crippen molar-refractivity contribution in [3.8, 4) is 5.75 Å². The third kappa shape index (κ3) is 3.16. The fraction of sp³-hybridized carbons (Fsp3) is 0.0588. The minimum atomic E-state index is -0.506. The van der Waals surface area contributed by atoms with Crippen molar-refractivity contribution in [2.45, 2.75) is 0 Å². The number of benzene rings is 3. The van der Waals surface area contributed by atoms with E-state index < -0.39 is 4.92 Å². The third-order valence-electron chi connectivity index (χ3n) is 3.37. The fourth-order valence-corrected chi connectivity index (χ4v) is 2.24. The molecule has 6 heteroatoms. The molecule has 3 aromatic carbocycles. The quantitative estimate of drug-likeness (QED) is 0.379. The first-order valence-electron chi connectivity index (χ1n) is 6.90. The molecule has 0 saturated heterocycles. The second-order valence-electron chi connectivity index (χ2n) is 4.84. The van der Waals surface area contributed by atoms with Gasteiger partial charge in [0.25, 0.3) is 0 Å². The van der Waals surface area contributed by atoms with Gasteiger partial charge < -0.3 is 4.74 Å². The number of hydrogen-bond acceptors (Lipinski definition) is 5. The summed E-state index contributed by atoms with van der Waals surface area (Å²) in [7, 11) is 1.39. The van der Waals surface area contributed by atoms with Crippen LogP contribution < -0.4 is 4.74 Å². The Bertz CT molecular complexity index is 906. The minimum absolute atomic E-state index is 0.137. The van der Waals surface area contributed by atoms with E-state index in [9.17, 15) is 10.1 Å². The highest BCUT2D eigenvalue weighted by atomic mass is 16.6. The molecule has 0 atom stereocenters. The molecule has 0 aliphatic rings. The number of nitro benzene ring substituents is 1. The number of fused-ring (bicyclic) bond motifs is 1. The van der Waals surface area contributed by atoms with E-state index in [4.69, 9.17) is 4.74 Å². The Hall–Kier alpha value is -3.28. The molecule has 3 rings (SSSR count). The first-order chi connectivity index (χ1) is 11.2. The van der Waals surface area contributed by atoms with Crippen molar-refractivity contribution in [2.75, 3.05) is 7.11 Å². The molecular weight excluding hydrogens is 294 g/mol. The van der Waals surface area contributed by atoms with E-state index in [0.29, 0.717) is 11.4 Å². The van der Waals surface area contributed by atoms with E-state index in [1.54, 1.807) is 6.07 Å². The number of rotatable bonds is 4. The first-order valence-corrected chi connectivity index (χ1v) is 6.90. The zero-order valence-corrected chi connectivity index (χ0v) is 12.3. The van der Waals surface area contributed by atoms with Crippen molar-refractivity contribution in [2.24, 2.45) is 10.2 Å². The zero-order valence-electron chi connectivity index (χ0n) is 12.3. The Balaban J connectivity index is 1.92. The lowest BCUT2D eigenvalue weighted by Crippen LogP contribution is -1.92. The molecule has 0 aliphatic heterocycles. The number of azo groups is 1. The molecular formula is C17H13N3O3. The SMILES string of the molecule is COc1ccc(N=Nc2ccc3ccccc3c2)cc1[N+](=O)[O-]. The van der Waals surface area contributed by atoms with Crippen molar-refractivity contribution in [3.63, 3.8) is 0 Å². The number of nitrogens with zero attached hydrogens (tertiary/aromatic N) is 3. The van der Waals surface area contributed by atoms with Gasteiger partial charge in [-0.25, -0.2) is 0 Å². The summed E-state index contributed by atoms with van der Waals surface area (Å²) in [4.78, 5) is 10.5. The normalized spacial score (nSPS) is 11.0. The molecule has 0 aromatic heterocycles. The molecule has 3 aromatic rings. The third-order valence-corrected chi connectivity index (χ3v) is 3.37. The molecule has 0 N–H and O–H groups in total. The van der Waals surface area contributed by atoms with E-state index in [2.05, 4.69) is 10.2 Å². The highest BCUT2D eigenvalue weighted by Crippen LogP contribution is 2.32. The van der Waals surface area contributed by atoms with Gasteiger partial charge in [0.1, 0.15) is 0 Å². The smallest absolute Gasteiger partial charge is 0.313 e. The van der Waals surface area contributed by atoms with Crippen LogP contribution >= 0.6 is 0 Å². The molecule has 0 saturated carbocycles. The van der Waals surface area contributed by atoms with Gasteiger partial charge in [-0.3, -0.25) is 10.1 Å². The van der Waals surface area contributed by atoms with E-state index >= 15 is 0 Å². The van der Waals surface area contributed by atoms with Crippen LogP contribution in [0.1, 0.15) is 0 Å². The summed E-state index contributed by atoms with van der Waals surface area (Å²) >= 11 is 0. The maximum Gasteiger partial charge on any atom is 0.313 e. The van der Waals surface area contributed by atoms with Gasteiger partial charge in [-0.1, -0.05) is 30.3 Å². The molecule has 6 nitrogen and oxygen atoms in total. The zero-order chi connectivity index (χ0) is 16.2. The van der Waals surface area contributed by atoms with Crippen molar-refractivity contribution in [1.82, 2.24) is 0 Å². The van der Waals surface area contributed by atoms with E-state index in [1.165, 1.54) is 19.2 Å². The van der Waals surface area contributed by atoms with Crippen molar-refractivity contribution in [3.05, 3.63) is 70.8 Å². The Morgan fingerprint density at radius 3 is 2.26 bits per heavy atom. The Labute approximate surface area is 132 Å². The number of methoxy groups -OCH3 is 1. The van der Waals surface area contributed by atoms with Crippen LogP contribution in [0.15, 0.2) is 70.9 Å². The molecule has 0 bridgehead atoms. The summed E-state index contributed by atoms with van der Waals surface area (Å²) in [6.07, 6.45) is 0. The highest BCUT2D eigenvalue weighted by Gasteiger charge is 2.14. The molecule has 0 aliphatic carbocycles. The standard InChI is InChI=1S/C17H13N3O3/c1-23-17-9-8-15(11-16(17)20(21)22)19-18-14-7-6-12-4-2-3-5-13(12)10-14/h2-11H,1H3. The van der Waals surface area contributed by atoms with Crippen molar-refractivity contribution >= 4 is 27.8 Å². The average Bonchev–Trinajstić information content (AvgIpc) is 2.59. The summed E-state index contributed by atoms with van der Waals surface area (Å²) in [5.74, 6) is 0.194. The van der Waals surface area contributed by atoms with Crippen molar-refractivity contribution in [1.29, 1.82) is 0 Å². The largest absolute Gasteiger partial charge is 0.490 e. The predicted molar refractivity (Wildman–Crippen MR) is 87.8 cm³/mol. The van der Waals surface area contributed by atoms with Crippen LogP contribution in [0.25, 0.3) is 10.8 Å². The lowest BCUT2D eigenvalue weighted by Gasteiger charge is -2.01.